The Bertz CT molecular complexity index is 1050. The van der Waals surface area contributed by atoms with E-state index in [2.05, 4.69) is 96.9 Å². The largest absolute Gasteiger partial charge is 0.380 e. The molecular weight excluding hydrogens is 480 g/mol. The van der Waals surface area contributed by atoms with Crippen LogP contribution in [-0.2, 0) is 4.18 Å². The zero-order valence-corrected chi connectivity index (χ0v) is 23.5. The molecule has 0 aliphatic carbocycles. The number of hydrogen-bond donors (Lipinski definition) is 1. The van der Waals surface area contributed by atoms with Crippen LogP contribution in [0.3, 0.4) is 0 Å². The summed E-state index contributed by atoms with van der Waals surface area (Å²) in [6.07, 6.45) is 5.16. The second-order valence-electron chi connectivity index (χ2n) is 9.77. The third kappa shape index (κ3) is 8.04. The lowest BCUT2D eigenvalue weighted by molar-refractivity contribution is 0.179. The maximum absolute atomic E-state index is 5.53. The zero-order valence-electron chi connectivity index (χ0n) is 21.9. The van der Waals surface area contributed by atoms with E-state index in [0.717, 1.165) is 35.2 Å². The maximum atomic E-state index is 5.53. The van der Waals surface area contributed by atoms with E-state index in [4.69, 9.17) is 4.18 Å². The molecule has 1 unspecified atom stereocenters. The minimum atomic E-state index is 0.375. The van der Waals surface area contributed by atoms with Crippen molar-refractivity contribution in [3.05, 3.63) is 78.4 Å². The highest BCUT2D eigenvalue weighted by atomic mass is 32.2. The second kappa shape index (κ2) is 14.1. The zero-order chi connectivity index (χ0) is 25.2. The molecule has 1 heterocycles. The molecule has 3 nitrogen and oxygen atoms in total. The smallest absolute Gasteiger partial charge is 0.0590 e. The van der Waals surface area contributed by atoms with Gasteiger partial charge in [0.2, 0.25) is 0 Å². The average molecular weight is 521 g/mol. The Hall–Kier alpha value is -1.92. The molecule has 0 aromatic heterocycles. The number of benzene rings is 3. The van der Waals surface area contributed by atoms with Crippen molar-refractivity contribution >= 4 is 29.5 Å². The normalized spacial score (nSPS) is 15.6. The highest BCUT2D eigenvalue weighted by Crippen LogP contribution is 2.34. The molecule has 0 saturated carbocycles. The van der Waals surface area contributed by atoms with Crippen LogP contribution in [0.4, 0.5) is 5.69 Å². The molecule has 1 aliphatic rings. The molecule has 36 heavy (non-hydrogen) atoms. The predicted molar refractivity (Wildman–Crippen MR) is 158 cm³/mol. The van der Waals surface area contributed by atoms with Crippen LogP contribution in [0, 0.1) is 12.8 Å². The fraction of sp³-hybridized carbons (Fsp3) is 0.419. The Morgan fingerprint density at radius 1 is 0.972 bits per heavy atom. The van der Waals surface area contributed by atoms with Gasteiger partial charge in [0.05, 0.1) is 17.7 Å². The van der Waals surface area contributed by atoms with E-state index in [1.807, 2.05) is 11.8 Å². The summed E-state index contributed by atoms with van der Waals surface area (Å²) in [5, 5.41) is 3.90. The number of likely N-dealkylation sites (tertiary alicyclic amines) is 1. The molecule has 3 aromatic carbocycles. The third-order valence-electron chi connectivity index (χ3n) is 7.17. The van der Waals surface area contributed by atoms with E-state index in [1.165, 1.54) is 66.0 Å². The SMILES string of the molecule is CCC1CCN(CCC(CSc2ccccc2)Nc2ccc(-c3ccc(C)cc3)cc2SOC)CC1. The number of nitrogens with one attached hydrogen (secondary N) is 1. The predicted octanol–water partition coefficient (Wildman–Crippen LogP) is 8.40. The lowest BCUT2D eigenvalue weighted by Crippen LogP contribution is -2.37. The van der Waals surface area contributed by atoms with Gasteiger partial charge in [-0.2, -0.15) is 0 Å². The molecule has 0 spiro atoms. The van der Waals surface area contributed by atoms with Crippen molar-refractivity contribution in [3.8, 4) is 11.1 Å². The second-order valence-corrected chi connectivity index (χ2v) is 11.8. The standard InChI is InChI=1S/C31H40N2OS2/c1-4-25-16-19-33(20-17-25)21-18-28(23-35-29-8-6-5-7-9-29)32-30-15-14-27(22-31(30)36-34-3)26-12-10-24(2)11-13-26/h5-15,22,25,28,32H,4,16-21,23H2,1-3H3. The van der Waals surface area contributed by atoms with Crippen molar-refractivity contribution in [2.45, 2.75) is 55.4 Å². The lowest BCUT2D eigenvalue weighted by atomic mass is 9.94. The number of hydrogen-bond acceptors (Lipinski definition) is 5. The van der Waals surface area contributed by atoms with Crippen LogP contribution in [0.1, 0.15) is 38.2 Å². The van der Waals surface area contributed by atoms with E-state index in [9.17, 15) is 0 Å². The molecule has 1 fully saturated rings. The monoisotopic (exact) mass is 520 g/mol. The van der Waals surface area contributed by atoms with E-state index in [0.29, 0.717) is 6.04 Å². The van der Waals surface area contributed by atoms with E-state index < -0.39 is 0 Å². The molecule has 192 valence electrons. The van der Waals surface area contributed by atoms with Crippen LogP contribution in [0.2, 0.25) is 0 Å². The van der Waals surface area contributed by atoms with E-state index >= 15 is 0 Å². The summed E-state index contributed by atoms with van der Waals surface area (Å²) >= 11 is 3.38. The minimum Gasteiger partial charge on any atom is -0.380 e. The van der Waals surface area contributed by atoms with Crippen LogP contribution in [0.15, 0.2) is 82.6 Å². The van der Waals surface area contributed by atoms with Crippen LogP contribution in [0.25, 0.3) is 11.1 Å². The van der Waals surface area contributed by atoms with Crippen molar-refractivity contribution in [1.29, 1.82) is 0 Å². The van der Waals surface area contributed by atoms with Gasteiger partial charge in [-0.25, -0.2) is 0 Å². The molecule has 1 saturated heterocycles. The topological polar surface area (TPSA) is 24.5 Å². The first kappa shape index (κ1) is 27.1. The van der Waals surface area contributed by atoms with Gasteiger partial charge in [-0.15, -0.1) is 11.8 Å². The van der Waals surface area contributed by atoms with Gasteiger partial charge in [-0.3, -0.25) is 0 Å². The summed E-state index contributed by atoms with van der Waals surface area (Å²) in [5.41, 5.74) is 4.88. The summed E-state index contributed by atoms with van der Waals surface area (Å²) < 4.78 is 5.53. The Morgan fingerprint density at radius 2 is 1.69 bits per heavy atom. The minimum absolute atomic E-state index is 0.375. The Balaban J connectivity index is 1.47. The highest BCUT2D eigenvalue weighted by Gasteiger charge is 2.20. The van der Waals surface area contributed by atoms with Crippen LogP contribution >= 0.6 is 23.8 Å². The third-order valence-corrected chi connectivity index (χ3v) is 9.03. The van der Waals surface area contributed by atoms with E-state index in [-0.39, 0.29) is 0 Å². The van der Waals surface area contributed by atoms with Crippen molar-refractivity contribution in [2.24, 2.45) is 5.92 Å². The summed E-state index contributed by atoms with van der Waals surface area (Å²) in [6, 6.07) is 26.6. The number of rotatable bonds is 12. The van der Waals surface area contributed by atoms with Crippen LogP contribution in [-0.4, -0.2) is 43.4 Å². The van der Waals surface area contributed by atoms with Gasteiger partial charge in [0.25, 0.3) is 0 Å². The lowest BCUT2D eigenvalue weighted by Gasteiger charge is -2.32. The average Bonchev–Trinajstić information content (AvgIpc) is 2.92. The van der Waals surface area contributed by atoms with Crippen LogP contribution in [0.5, 0.6) is 0 Å². The molecule has 1 N–H and O–H groups in total. The number of piperidine rings is 1. The van der Waals surface area contributed by atoms with Gasteiger partial charge in [-0.05, 0) is 80.6 Å². The van der Waals surface area contributed by atoms with Gasteiger partial charge in [-0.1, -0.05) is 67.4 Å². The van der Waals surface area contributed by atoms with Crippen molar-refractivity contribution < 1.29 is 4.18 Å². The number of nitrogens with zero attached hydrogens (tertiary/aromatic N) is 1. The quantitative estimate of drug-likeness (QED) is 0.191. The molecular formula is C31H40N2OS2. The summed E-state index contributed by atoms with van der Waals surface area (Å²) in [5.74, 6) is 1.95. The molecule has 0 bridgehead atoms. The van der Waals surface area contributed by atoms with Crippen molar-refractivity contribution in [2.75, 3.05) is 37.8 Å². The van der Waals surface area contributed by atoms with Crippen molar-refractivity contribution in [3.63, 3.8) is 0 Å². The van der Waals surface area contributed by atoms with Gasteiger partial charge >= 0.3 is 0 Å². The Morgan fingerprint density at radius 3 is 2.39 bits per heavy atom. The van der Waals surface area contributed by atoms with Crippen molar-refractivity contribution in [1.82, 2.24) is 4.90 Å². The molecule has 0 amide bonds. The molecule has 3 aromatic rings. The molecule has 5 heteroatoms. The summed E-state index contributed by atoms with van der Waals surface area (Å²) in [6.45, 7) is 8.10. The van der Waals surface area contributed by atoms with Gasteiger partial charge in [0, 0.05) is 35.3 Å². The van der Waals surface area contributed by atoms with Crippen LogP contribution < -0.4 is 5.32 Å². The number of aryl methyl sites for hydroxylation is 1. The van der Waals surface area contributed by atoms with E-state index in [1.54, 1.807) is 7.11 Å². The maximum Gasteiger partial charge on any atom is 0.0590 e. The molecule has 1 aliphatic heterocycles. The number of anilines is 1. The summed E-state index contributed by atoms with van der Waals surface area (Å²) in [4.78, 5) is 5.13. The first-order valence-corrected chi connectivity index (χ1v) is 15.0. The van der Waals surface area contributed by atoms with Gasteiger partial charge < -0.3 is 14.4 Å². The van der Waals surface area contributed by atoms with Gasteiger partial charge in [0.15, 0.2) is 0 Å². The number of thioether (sulfide) groups is 1. The Labute approximate surface area is 226 Å². The van der Waals surface area contributed by atoms with Gasteiger partial charge in [0.1, 0.15) is 0 Å². The molecule has 0 radical (unpaired) electrons. The molecule has 1 atom stereocenters. The summed E-state index contributed by atoms with van der Waals surface area (Å²) in [7, 11) is 1.75. The fourth-order valence-corrected chi connectivity index (χ4v) is 6.38. The fourth-order valence-electron chi connectivity index (χ4n) is 4.81. The highest BCUT2D eigenvalue weighted by molar-refractivity contribution is 7.99. The Kier molecular flexibility index (Phi) is 10.6. The first-order chi connectivity index (χ1) is 17.6. The molecule has 4 rings (SSSR count). The first-order valence-electron chi connectivity index (χ1n) is 13.2.